The number of hydrogen-bond acceptors (Lipinski definition) is 4. The fraction of sp³-hybridized carbons (Fsp3) is 0.692. The van der Waals surface area contributed by atoms with Crippen LogP contribution in [-0.4, -0.2) is 51.5 Å². The molecule has 1 unspecified atom stereocenters. The number of nitrogens with zero attached hydrogens (tertiary/aromatic N) is 3. The molecule has 2 aliphatic rings. The first-order chi connectivity index (χ1) is 9.72. The summed E-state index contributed by atoms with van der Waals surface area (Å²) in [6.45, 7) is 1.48. The first-order valence-corrected chi connectivity index (χ1v) is 7.03. The number of carbonyl (C=O) groups excluding carboxylic acids is 1. The van der Waals surface area contributed by atoms with Gasteiger partial charge in [0.15, 0.2) is 5.69 Å². The normalized spacial score (nSPS) is 21.7. The van der Waals surface area contributed by atoms with Gasteiger partial charge in [0.05, 0.1) is 6.54 Å². The molecule has 7 heteroatoms. The molecule has 1 saturated heterocycles. The number of aliphatic hydroxyl groups is 1. The SMILES string of the molecule is O=C(c1nn2c(c1F)OCC2)N1CCCCC1CCO. The molecule has 1 atom stereocenters. The zero-order chi connectivity index (χ0) is 14.1. The fourth-order valence-corrected chi connectivity index (χ4v) is 2.93. The molecule has 2 aliphatic heterocycles. The van der Waals surface area contributed by atoms with E-state index in [9.17, 15) is 9.18 Å². The van der Waals surface area contributed by atoms with E-state index < -0.39 is 11.7 Å². The van der Waals surface area contributed by atoms with Crippen LogP contribution >= 0.6 is 0 Å². The molecule has 1 aromatic heterocycles. The van der Waals surface area contributed by atoms with Gasteiger partial charge in [0.25, 0.3) is 5.91 Å². The molecule has 1 N–H and O–H groups in total. The van der Waals surface area contributed by atoms with Crippen LogP contribution in [0.1, 0.15) is 36.2 Å². The number of likely N-dealkylation sites (tertiary alicyclic amines) is 1. The molecular weight excluding hydrogens is 265 g/mol. The van der Waals surface area contributed by atoms with Crippen molar-refractivity contribution in [3.05, 3.63) is 11.5 Å². The van der Waals surface area contributed by atoms with Crippen molar-refractivity contribution in [1.29, 1.82) is 0 Å². The first kappa shape index (κ1) is 13.4. The molecule has 0 aliphatic carbocycles. The van der Waals surface area contributed by atoms with E-state index in [0.717, 1.165) is 19.3 Å². The standard InChI is InChI=1S/C13H18FN3O3/c14-10-11(15-17-6-8-20-13(10)17)12(19)16-5-2-1-3-9(16)4-7-18/h9,18H,1-8H2. The summed E-state index contributed by atoms with van der Waals surface area (Å²) in [5, 5.41) is 13.1. The Balaban J connectivity index is 1.84. The Hall–Kier alpha value is -1.63. The second-order valence-electron chi connectivity index (χ2n) is 5.20. The molecule has 1 aromatic rings. The van der Waals surface area contributed by atoms with Crippen molar-refractivity contribution in [3.63, 3.8) is 0 Å². The number of piperidine rings is 1. The van der Waals surface area contributed by atoms with Crippen LogP contribution in [0.2, 0.25) is 0 Å². The van der Waals surface area contributed by atoms with Gasteiger partial charge in [0.2, 0.25) is 11.7 Å². The molecule has 20 heavy (non-hydrogen) atoms. The van der Waals surface area contributed by atoms with Gasteiger partial charge in [-0.25, -0.2) is 4.68 Å². The van der Waals surface area contributed by atoms with E-state index in [1.165, 1.54) is 4.68 Å². The summed E-state index contributed by atoms with van der Waals surface area (Å²) in [4.78, 5) is 14.1. The summed E-state index contributed by atoms with van der Waals surface area (Å²) in [5.41, 5.74) is -0.162. The van der Waals surface area contributed by atoms with Crippen LogP contribution in [0.25, 0.3) is 0 Å². The lowest BCUT2D eigenvalue weighted by molar-refractivity contribution is 0.0562. The fourth-order valence-electron chi connectivity index (χ4n) is 2.93. The van der Waals surface area contributed by atoms with Gasteiger partial charge >= 0.3 is 0 Å². The lowest BCUT2D eigenvalue weighted by Crippen LogP contribution is -2.44. The van der Waals surface area contributed by atoms with Gasteiger partial charge in [0, 0.05) is 19.2 Å². The second kappa shape index (κ2) is 5.40. The van der Waals surface area contributed by atoms with E-state index in [0.29, 0.717) is 26.1 Å². The Morgan fingerprint density at radius 2 is 2.30 bits per heavy atom. The van der Waals surface area contributed by atoms with E-state index >= 15 is 0 Å². The molecule has 6 nitrogen and oxygen atoms in total. The van der Waals surface area contributed by atoms with Crippen LogP contribution in [0.4, 0.5) is 4.39 Å². The molecular formula is C13H18FN3O3. The van der Waals surface area contributed by atoms with E-state index in [4.69, 9.17) is 9.84 Å². The molecule has 1 amide bonds. The Bertz CT molecular complexity index is 515. The van der Waals surface area contributed by atoms with Crippen LogP contribution in [0.5, 0.6) is 5.88 Å². The predicted molar refractivity (Wildman–Crippen MR) is 68.1 cm³/mol. The summed E-state index contributed by atoms with van der Waals surface area (Å²) in [5.74, 6) is -1.00. The van der Waals surface area contributed by atoms with Gasteiger partial charge in [-0.3, -0.25) is 4.79 Å². The molecule has 0 spiro atoms. The highest BCUT2D eigenvalue weighted by Crippen LogP contribution is 2.27. The summed E-state index contributed by atoms with van der Waals surface area (Å²) >= 11 is 0. The topological polar surface area (TPSA) is 67.6 Å². The van der Waals surface area contributed by atoms with Gasteiger partial charge in [-0.1, -0.05) is 0 Å². The lowest BCUT2D eigenvalue weighted by Gasteiger charge is -2.35. The highest BCUT2D eigenvalue weighted by molar-refractivity contribution is 5.93. The quantitative estimate of drug-likeness (QED) is 0.890. The molecule has 0 radical (unpaired) electrons. The number of carbonyl (C=O) groups is 1. The lowest BCUT2D eigenvalue weighted by atomic mass is 9.99. The number of aromatic nitrogens is 2. The smallest absolute Gasteiger partial charge is 0.277 e. The number of fused-ring (bicyclic) bond motifs is 1. The molecule has 0 saturated carbocycles. The van der Waals surface area contributed by atoms with Crippen molar-refractivity contribution in [3.8, 4) is 5.88 Å². The van der Waals surface area contributed by atoms with Crippen LogP contribution in [0.3, 0.4) is 0 Å². The largest absolute Gasteiger partial charge is 0.474 e. The third-order valence-corrected chi connectivity index (χ3v) is 3.95. The Morgan fingerprint density at radius 3 is 3.05 bits per heavy atom. The van der Waals surface area contributed by atoms with Gasteiger partial charge in [-0.2, -0.15) is 9.49 Å². The number of aliphatic hydroxyl groups excluding tert-OH is 1. The highest BCUT2D eigenvalue weighted by atomic mass is 19.1. The molecule has 3 heterocycles. The minimum atomic E-state index is -0.666. The molecule has 110 valence electrons. The molecule has 0 aromatic carbocycles. The van der Waals surface area contributed by atoms with E-state index in [1.54, 1.807) is 4.90 Å². The molecule has 3 rings (SSSR count). The zero-order valence-corrected chi connectivity index (χ0v) is 11.2. The van der Waals surface area contributed by atoms with E-state index in [2.05, 4.69) is 5.10 Å². The Morgan fingerprint density at radius 1 is 1.45 bits per heavy atom. The number of ether oxygens (including phenoxy) is 1. The monoisotopic (exact) mass is 283 g/mol. The van der Waals surface area contributed by atoms with Gasteiger partial charge < -0.3 is 14.7 Å². The minimum absolute atomic E-state index is 0.0275. The van der Waals surface area contributed by atoms with Crippen molar-refractivity contribution in [1.82, 2.24) is 14.7 Å². The summed E-state index contributed by atoms with van der Waals surface area (Å²) < 4.78 is 20.7. The van der Waals surface area contributed by atoms with Crippen molar-refractivity contribution in [2.75, 3.05) is 19.8 Å². The molecule has 1 fully saturated rings. The second-order valence-corrected chi connectivity index (χ2v) is 5.20. The number of rotatable bonds is 3. The third-order valence-electron chi connectivity index (χ3n) is 3.95. The summed E-state index contributed by atoms with van der Waals surface area (Å²) in [6.07, 6.45) is 3.30. The maximum absolute atomic E-state index is 14.1. The average Bonchev–Trinajstić information content (AvgIpc) is 3.03. The van der Waals surface area contributed by atoms with Crippen molar-refractivity contribution in [2.24, 2.45) is 0 Å². The Labute approximate surface area is 116 Å². The van der Waals surface area contributed by atoms with Gasteiger partial charge in [0.1, 0.15) is 6.61 Å². The Kier molecular flexibility index (Phi) is 3.60. The zero-order valence-electron chi connectivity index (χ0n) is 11.2. The van der Waals surface area contributed by atoms with Crippen molar-refractivity contribution in [2.45, 2.75) is 38.3 Å². The number of hydrogen-bond donors (Lipinski definition) is 1. The van der Waals surface area contributed by atoms with Gasteiger partial charge in [-0.05, 0) is 25.7 Å². The van der Waals surface area contributed by atoms with E-state index in [1.807, 2.05) is 0 Å². The van der Waals surface area contributed by atoms with Crippen molar-refractivity contribution < 1.29 is 19.0 Å². The third kappa shape index (κ3) is 2.15. The van der Waals surface area contributed by atoms with Crippen molar-refractivity contribution >= 4 is 5.91 Å². The van der Waals surface area contributed by atoms with Crippen LogP contribution in [-0.2, 0) is 6.54 Å². The van der Waals surface area contributed by atoms with Gasteiger partial charge in [-0.15, -0.1) is 0 Å². The minimum Gasteiger partial charge on any atom is -0.474 e. The van der Waals surface area contributed by atoms with Crippen LogP contribution < -0.4 is 4.74 Å². The predicted octanol–water partition coefficient (Wildman–Crippen LogP) is 0.792. The number of amides is 1. The van der Waals surface area contributed by atoms with Crippen LogP contribution in [0, 0.1) is 5.82 Å². The maximum Gasteiger partial charge on any atom is 0.277 e. The number of halogens is 1. The average molecular weight is 283 g/mol. The maximum atomic E-state index is 14.1. The van der Waals surface area contributed by atoms with E-state index in [-0.39, 0.29) is 24.2 Å². The highest BCUT2D eigenvalue weighted by Gasteiger charge is 2.34. The molecule has 0 bridgehead atoms. The summed E-state index contributed by atoms with van der Waals surface area (Å²) in [7, 11) is 0. The first-order valence-electron chi connectivity index (χ1n) is 7.03. The van der Waals surface area contributed by atoms with Crippen LogP contribution in [0.15, 0.2) is 0 Å². The summed E-state index contributed by atoms with van der Waals surface area (Å²) in [6, 6.07) is -0.0295.